The summed E-state index contributed by atoms with van der Waals surface area (Å²) in [7, 11) is 0. The van der Waals surface area contributed by atoms with E-state index in [0.717, 1.165) is 23.4 Å². The van der Waals surface area contributed by atoms with Gasteiger partial charge in [-0.1, -0.05) is 13.0 Å². The molecular formula is C16H18F2N2. The van der Waals surface area contributed by atoms with Gasteiger partial charge in [-0.25, -0.2) is 8.78 Å². The lowest BCUT2D eigenvalue weighted by atomic mass is 10.0. The molecule has 1 aromatic carbocycles. The summed E-state index contributed by atoms with van der Waals surface area (Å²) in [6.07, 6.45) is 2.30. The van der Waals surface area contributed by atoms with Crippen LogP contribution in [-0.4, -0.2) is 11.5 Å². The number of rotatable bonds is 5. The molecule has 4 heteroatoms. The van der Waals surface area contributed by atoms with Crippen LogP contribution < -0.4 is 5.32 Å². The molecule has 2 nitrogen and oxygen atoms in total. The van der Waals surface area contributed by atoms with E-state index >= 15 is 0 Å². The summed E-state index contributed by atoms with van der Waals surface area (Å²) >= 11 is 0. The second kappa shape index (κ2) is 6.57. The third-order valence-corrected chi connectivity index (χ3v) is 3.17. The molecule has 0 amide bonds. The highest BCUT2D eigenvalue weighted by atomic mass is 19.1. The predicted molar refractivity (Wildman–Crippen MR) is 75.5 cm³/mol. The molecule has 0 aliphatic heterocycles. The molecule has 0 radical (unpaired) electrons. The Labute approximate surface area is 117 Å². The molecule has 0 fully saturated rings. The van der Waals surface area contributed by atoms with Crippen molar-refractivity contribution in [2.24, 2.45) is 0 Å². The van der Waals surface area contributed by atoms with Crippen molar-refractivity contribution in [2.75, 3.05) is 6.54 Å². The highest BCUT2D eigenvalue weighted by Gasteiger charge is 2.17. The average Bonchev–Trinajstić information content (AvgIpc) is 2.43. The van der Waals surface area contributed by atoms with Crippen LogP contribution >= 0.6 is 0 Å². The van der Waals surface area contributed by atoms with Crippen molar-refractivity contribution in [2.45, 2.75) is 26.3 Å². The highest BCUT2D eigenvalue weighted by Crippen LogP contribution is 2.21. The highest BCUT2D eigenvalue weighted by molar-refractivity contribution is 5.24. The molecule has 0 spiro atoms. The van der Waals surface area contributed by atoms with E-state index in [1.54, 1.807) is 6.20 Å². The average molecular weight is 276 g/mol. The fourth-order valence-corrected chi connectivity index (χ4v) is 2.15. The molecule has 20 heavy (non-hydrogen) atoms. The second-order valence-electron chi connectivity index (χ2n) is 4.81. The van der Waals surface area contributed by atoms with Crippen LogP contribution in [0, 0.1) is 18.6 Å². The van der Waals surface area contributed by atoms with Gasteiger partial charge >= 0.3 is 0 Å². The standard InChI is InChI=1S/C16H18F2N2/c1-3-19-16(9-13-6-4-11(2)10-20-13)14-8-12(17)5-7-15(14)18/h4-8,10,16,19H,3,9H2,1-2H3. The van der Waals surface area contributed by atoms with Crippen LogP contribution in [0.5, 0.6) is 0 Å². The largest absolute Gasteiger partial charge is 0.310 e. The van der Waals surface area contributed by atoms with Crippen LogP contribution in [0.2, 0.25) is 0 Å². The van der Waals surface area contributed by atoms with E-state index in [4.69, 9.17) is 0 Å². The Balaban J connectivity index is 2.26. The first-order valence-corrected chi connectivity index (χ1v) is 6.70. The van der Waals surface area contributed by atoms with Gasteiger partial charge in [-0.15, -0.1) is 0 Å². The SMILES string of the molecule is CCNC(Cc1ccc(C)cn1)c1cc(F)ccc1F. The topological polar surface area (TPSA) is 24.9 Å². The molecule has 2 aromatic rings. The molecule has 0 saturated heterocycles. The molecule has 1 unspecified atom stereocenters. The number of hydrogen-bond donors (Lipinski definition) is 1. The van der Waals surface area contributed by atoms with Crippen LogP contribution in [0.15, 0.2) is 36.5 Å². The quantitative estimate of drug-likeness (QED) is 0.903. The van der Waals surface area contributed by atoms with Crippen molar-refractivity contribution in [3.05, 3.63) is 65.0 Å². The van der Waals surface area contributed by atoms with Gasteiger partial charge in [0.15, 0.2) is 0 Å². The lowest BCUT2D eigenvalue weighted by molar-refractivity contribution is 0.498. The van der Waals surface area contributed by atoms with Crippen LogP contribution in [-0.2, 0) is 6.42 Å². The first kappa shape index (κ1) is 14.6. The summed E-state index contributed by atoms with van der Waals surface area (Å²) < 4.78 is 27.2. The van der Waals surface area contributed by atoms with Gasteiger partial charge in [0.1, 0.15) is 11.6 Å². The van der Waals surface area contributed by atoms with E-state index in [-0.39, 0.29) is 6.04 Å². The summed E-state index contributed by atoms with van der Waals surface area (Å²) in [6, 6.07) is 7.13. The lowest BCUT2D eigenvalue weighted by Crippen LogP contribution is -2.24. The minimum atomic E-state index is -0.429. The van der Waals surface area contributed by atoms with Crippen molar-refractivity contribution in [3.8, 4) is 0 Å². The number of pyridine rings is 1. The van der Waals surface area contributed by atoms with Gasteiger partial charge in [0.05, 0.1) is 0 Å². The molecule has 2 rings (SSSR count). The van der Waals surface area contributed by atoms with E-state index < -0.39 is 11.6 Å². The summed E-state index contributed by atoms with van der Waals surface area (Å²) in [5.74, 6) is -0.828. The van der Waals surface area contributed by atoms with Gasteiger partial charge in [0.25, 0.3) is 0 Å². The molecule has 0 saturated carbocycles. The Morgan fingerprint density at radius 2 is 2.00 bits per heavy atom. The van der Waals surface area contributed by atoms with Crippen molar-refractivity contribution in [1.82, 2.24) is 10.3 Å². The van der Waals surface area contributed by atoms with Crippen molar-refractivity contribution >= 4 is 0 Å². The van der Waals surface area contributed by atoms with Gasteiger partial charge in [-0.3, -0.25) is 4.98 Å². The molecule has 1 N–H and O–H groups in total. The zero-order valence-corrected chi connectivity index (χ0v) is 11.7. The fraction of sp³-hybridized carbons (Fsp3) is 0.312. The number of benzene rings is 1. The molecule has 1 heterocycles. The maximum absolute atomic E-state index is 13.9. The number of aryl methyl sites for hydroxylation is 1. The number of hydrogen-bond acceptors (Lipinski definition) is 2. The second-order valence-corrected chi connectivity index (χ2v) is 4.81. The van der Waals surface area contributed by atoms with Gasteiger partial charge < -0.3 is 5.32 Å². The molecule has 0 bridgehead atoms. The van der Waals surface area contributed by atoms with Gasteiger partial charge in [0, 0.05) is 29.9 Å². The lowest BCUT2D eigenvalue weighted by Gasteiger charge is -2.19. The number of aromatic nitrogens is 1. The van der Waals surface area contributed by atoms with E-state index in [1.807, 2.05) is 26.0 Å². The minimum Gasteiger partial charge on any atom is -0.310 e. The maximum atomic E-state index is 13.9. The van der Waals surface area contributed by atoms with Crippen molar-refractivity contribution < 1.29 is 8.78 Å². The van der Waals surface area contributed by atoms with E-state index in [1.165, 1.54) is 6.07 Å². The van der Waals surface area contributed by atoms with E-state index in [9.17, 15) is 8.78 Å². The van der Waals surface area contributed by atoms with Crippen molar-refractivity contribution in [1.29, 1.82) is 0 Å². The number of nitrogens with zero attached hydrogens (tertiary/aromatic N) is 1. The number of likely N-dealkylation sites (N-methyl/N-ethyl adjacent to an activating group) is 1. The van der Waals surface area contributed by atoms with Gasteiger partial charge in [0.2, 0.25) is 0 Å². The van der Waals surface area contributed by atoms with Gasteiger partial charge in [-0.2, -0.15) is 0 Å². The Hall–Kier alpha value is -1.81. The first-order valence-electron chi connectivity index (χ1n) is 6.70. The normalized spacial score (nSPS) is 12.4. The van der Waals surface area contributed by atoms with E-state index in [0.29, 0.717) is 18.5 Å². The summed E-state index contributed by atoms with van der Waals surface area (Å²) in [5.41, 5.74) is 2.27. The van der Waals surface area contributed by atoms with Crippen LogP contribution in [0.4, 0.5) is 8.78 Å². The molecule has 1 atom stereocenters. The predicted octanol–water partition coefficient (Wildman–Crippen LogP) is 3.56. The molecule has 1 aromatic heterocycles. The number of halogens is 2. The van der Waals surface area contributed by atoms with Crippen molar-refractivity contribution in [3.63, 3.8) is 0 Å². The molecular weight excluding hydrogens is 258 g/mol. The summed E-state index contributed by atoms with van der Waals surface area (Å²) in [5, 5.41) is 3.18. The Morgan fingerprint density at radius 3 is 2.65 bits per heavy atom. The fourth-order valence-electron chi connectivity index (χ4n) is 2.15. The molecule has 106 valence electrons. The first-order chi connectivity index (χ1) is 9.60. The summed E-state index contributed by atoms with van der Waals surface area (Å²) in [6.45, 7) is 4.57. The Morgan fingerprint density at radius 1 is 1.20 bits per heavy atom. The Bertz CT molecular complexity index is 567. The van der Waals surface area contributed by atoms with Gasteiger partial charge in [-0.05, 0) is 43.3 Å². The third-order valence-electron chi connectivity index (χ3n) is 3.17. The Kier molecular flexibility index (Phi) is 4.79. The van der Waals surface area contributed by atoms with Crippen LogP contribution in [0.3, 0.4) is 0 Å². The van der Waals surface area contributed by atoms with E-state index in [2.05, 4.69) is 10.3 Å². The summed E-state index contributed by atoms with van der Waals surface area (Å²) in [4.78, 5) is 4.32. The van der Waals surface area contributed by atoms with Crippen LogP contribution in [0.1, 0.15) is 29.8 Å². The van der Waals surface area contributed by atoms with Crippen LogP contribution in [0.25, 0.3) is 0 Å². The zero-order valence-electron chi connectivity index (χ0n) is 11.7. The smallest absolute Gasteiger partial charge is 0.128 e. The molecule has 0 aliphatic carbocycles. The maximum Gasteiger partial charge on any atom is 0.128 e. The zero-order chi connectivity index (χ0) is 14.5. The third kappa shape index (κ3) is 3.61. The molecule has 0 aliphatic rings. The number of nitrogens with one attached hydrogen (secondary N) is 1. The monoisotopic (exact) mass is 276 g/mol. The minimum absolute atomic E-state index is 0.286.